The van der Waals surface area contributed by atoms with Crippen molar-refractivity contribution >= 4 is 17.5 Å². The predicted octanol–water partition coefficient (Wildman–Crippen LogP) is -0.182. The number of hydrogen-bond acceptors (Lipinski definition) is 2. The van der Waals surface area contributed by atoms with E-state index in [4.69, 9.17) is 0 Å². The molecule has 2 aliphatic rings. The standard InChI is InChI=1S/C23H36N4O2/c1-19-9-8-10-20(2)23(19)24-21(28)17-25-13-15-26(16-14-25)18-22(29)27-11-6-4-3-5-7-12-27/h8-10H,3-7,11-18H2,1-2H3,(H,24,28)/p+2. The summed E-state index contributed by atoms with van der Waals surface area (Å²) in [5, 5.41) is 3.10. The second-order valence-corrected chi connectivity index (χ2v) is 8.82. The Balaban J connectivity index is 1.40. The molecule has 2 amide bonds. The molecule has 0 spiro atoms. The second kappa shape index (κ2) is 10.7. The number of benzene rings is 1. The number of likely N-dealkylation sites (tertiary alicyclic amines) is 1. The molecule has 2 aliphatic heterocycles. The number of hydrogen-bond donors (Lipinski definition) is 3. The van der Waals surface area contributed by atoms with Gasteiger partial charge in [-0.05, 0) is 37.8 Å². The minimum atomic E-state index is 0.0811. The van der Waals surface area contributed by atoms with Crippen molar-refractivity contribution in [1.82, 2.24) is 4.90 Å². The SMILES string of the molecule is Cc1cccc(C)c1NC(=O)C[NH+]1CC[NH+](CC(=O)N2CCCCCCC2)CC1. The van der Waals surface area contributed by atoms with Crippen LogP contribution in [0.4, 0.5) is 5.69 Å². The summed E-state index contributed by atoms with van der Waals surface area (Å²) in [6.07, 6.45) is 6.11. The molecule has 0 atom stereocenters. The van der Waals surface area contributed by atoms with Gasteiger partial charge in [-0.2, -0.15) is 0 Å². The average molecular weight is 403 g/mol. The lowest BCUT2D eigenvalue weighted by atomic mass is 10.1. The zero-order valence-corrected chi connectivity index (χ0v) is 18.2. The minimum Gasteiger partial charge on any atom is -0.338 e. The quantitative estimate of drug-likeness (QED) is 0.640. The lowest BCUT2D eigenvalue weighted by Gasteiger charge is -2.31. The summed E-state index contributed by atoms with van der Waals surface area (Å²) < 4.78 is 0. The summed E-state index contributed by atoms with van der Waals surface area (Å²) in [5.41, 5.74) is 3.15. The van der Waals surface area contributed by atoms with Crippen molar-refractivity contribution in [3.8, 4) is 0 Å². The average Bonchev–Trinajstić information content (AvgIpc) is 2.66. The van der Waals surface area contributed by atoms with Crippen molar-refractivity contribution in [2.75, 3.05) is 57.7 Å². The molecule has 0 aromatic heterocycles. The van der Waals surface area contributed by atoms with E-state index in [-0.39, 0.29) is 5.91 Å². The third-order valence-corrected chi connectivity index (χ3v) is 6.43. The van der Waals surface area contributed by atoms with Crippen LogP contribution in [0.15, 0.2) is 18.2 Å². The van der Waals surface area contributed by atoms with Gasteiger partial charge < -0.3 is 20.0 Å². The summed E-state index contributed by atoms with van der Waals surface area (Å²) in [4.78, 5) is 30.0. The summed E-state index contributed by atoms with van der Waals surface area (Å²) in [7, 11) is 0. The van der Waals surface area contributed by atoms with Gasteiger partial charge in [0.2, 0.25) is 0 Å². The summed E-state index contributed by atoms with van der Waals surface area (Å²) in [5.74, 6) is 0.399. The number of amides is 2. The number of carbonyl (C=O) groups excluding carboxylic acids is 2. The number of nitrogens with one attached hydrogen (secondary N) is 3. The molecule has 2 fully saturated rings. The Bertz CT molecular complexity index is 670. The molecule has 3 N–H and O–H groups in total. The van der Waals surface area contributed by atoms with Crippen LogP contribution in [-0.2, 0) is 9.59 Å². The third-order valence-electron chi connectivity index (χ3n) is 6.43. The van der Waals surface area contributed by atoms with E-state index in [1.165, 1.54) is 29.1 Å². The van der Waals surface area contributed by atoms with Gasteiger partial charge in [0.25, 0.3) is 11.8 Å². The van der Waals surface area contributed by atoms with Crippen molar-refractivity contribution in [1.29, 1.82) is 0 Å². The van der Waals surface area contributed by atoms with Crippen LogP contribution in [0.3, 0.4) is 0 Å². The van der Waals surface area contributed by atoms with Gasteiger partial charge in [-0.25, -0.2) is 0 Å². The van der Waals surface area contributed by atoms with Crippen LogP contribution in [0.1, 0.15) is 43.2 Å². The number of anilines is 1. The molecule has 6 nitrogen and oxygen atoms in total. The molecule has 0 aliphatic carbocycles. The predicted molar refractivity (Wildman–Crippen MR) is 115 cm³/mol. The highest BCUT2D eigenvalue weighted by Crippen LogP contribution is 2.18. The zero-order chi connectivity index (χ0) is 20.6. The van der Waals surface area contributed by atoms with Gasteiger partial charge in [0.1, 0.15) is 26.2 Å². The Morgan fingerprint density at radius 2 is 1.38 bits per heavy atom. The number of rotatable bonds is 5. The lowest BCUT2D eigenvalue weighted by molar-refractivity contribution is -1.00. The van der Waals surface area contributed by atoms with Gasteiger partial charge in [0.15, 0.2) is 13.1 Å². The molecule has 0 bridgehead atoms. The minimum absolute atomic E-state index is 0.0811. The number of nitrogens with zero attached hydrogens (tertiary/aromatic N) is 1. The van der Waals surface area contributed by atoms with Gasteiger partial charge in [-0.3, -0.25) is 9.59 Å². The van der Waals surface area contributed by atoms with E-state index in [9.17, 15) is 9.59 Å². The van der Waals surface area contributed by atoms with Gasteiger partial charge in [-0.1, -0.05) is 37.5 Å². The van der Waals surface area contributed by atoms with E-state index in [1.54, 1.807) is 0 Å². The van der Waals surface area contributed by atoms with Gasteiger partial charge in [0, 0.05) is 18.8 Å². The molecule has 2 heterocycles. The van der Waals surface area contributed by atoms with Crippen molar-refractivity contribution < 1.29 is 19.4 Å². The number of aryl methyl sites for hydroxylation is 2. The number of carbonyl (C=O) groups is 2. The summed E-state index contributed by atoms with van der Waals surface area (Å²) in [6, 6.07) is 6.07. The Labute approximate surface area is 175 Å². The van der Waals surface area contributed by atoms with Crippen molar-refractivity contribution in [3.63, 3.8) is 0 Å². The fourth-order valence-electron chi connectivity index (χ4n) is 4.56. The molecule has 1 aromatic carbocycles. The molecule has 1 aromatic rings. The second-order valence-electron chi connectivity index (χ2n) is 8.82. The first-order valence-corrected chi connectivity index (χ1v) is 11.3. The molecule has 2 saturated heterocycles. The van der Waals surface area contributed by atoms with E-state index in [1.807, 2.05) is 32.0 Å². The fraction of sp³-hybridized carbons (Fsp3) is 0.652. The maximum Gasteiger partial charge on any atom is 0.279 e. The summed E-state index contributed by atoms with van der Waals surface area (Å²) >= 11 is 0. The molecule has 160 valence electrons. The van der Waals surface area contributed by atoms with Gasteiger partial charge in [0.05, 0.1) is 0 Å². The third kappa shape index (κ3) is 6.54. The van der Waals surface area contributed by atoms with Crippen LogP contribution in [-0.4, -0.2) is 69.1 Å². The number of para-hydroxylation sites is 1. The maximum absolute atomic E-state index is 12.7. The maximum atomic E-state index is 12.7. The van der Waals surface area contributed by atoms with Crippen molar-refractivity contribution in [3.05, 3.63) is 29.3 Å². The Morgan fingerprint density at radius 3 is 1.97 bits per heavy atom. The summed E-state index contributed by atoms with van der Waals surface area (Å²) in [6.45, 7) is 10.9. The van der Waals surface area contributed by atoms with Crippen molar-refractivity contribution in [2.24, 2.45) is 0 Å². The zero-order valence-electron chi connectivity index (χ0n) is 18.2. The normalized spacial score (nSPS) is 23.2. The van der Waals surface area contributed by atoms with Gasteiger partial charge >= 0.3 is 0 Å². The Hall–Kier alpha value is -1.92. The van der Waals surface area contributed by atoms with E-state index in [2.05, 4.69) is 10.2 Å². The highest BCUT2D eigenvalue weighted by molar-refractivity contribution is 5.93. The molecule has 29 heavy (non-hydrogen) atoms. The molecule has 0 saturated carbocycles. The monoisotopic (exact) mass is 402 g/mol. The van der Waals surface area contributed by atoms with Crippen LogP contribution in [0.25, 0.3) is 0 Å². The topological polar surface area (TPSA) is 58.3 Å². The van der Waals surface area contributed by atoms with Crippen LogP contribution >= 0.6 is 0 Å². The highest BCUT2D eigenvalue weighted by Gasteiger charge is 2.28. The molecular formula is C23H38N4O2+2. The van der Waals surface area contributed by atoms with Crippen LogP contribution in [0.2, 0.25) is 0 Å². The molecule has 3 rings (SSSR count). The Morgan fingerprint density at radius 1 is 0.862 bits per heavy atom. The van der Waals surface area contributed by atoms with E-state index >= 15 is 0 Å². The largest absolute Gasteiger partial charge is 0.338 e. The van der Waals surface area contributed by atoms with E-state index < -0.39 is 0 Å². The fourth-order valence-corrected chi connectivity index (χ4v) is 4.56. The van der Waals surface area contributed by atoms with E-state index in [0.29, 0.717) is 19.0 Å². The first kappa shape index (κ1) is 21.8. The smallest absolute Gasteiger partial charge is 0.279 e. The van der Waals surface area contributed by atoms with E-state index in [0.717, 1.165) is 68.9 Å². The molecule has 6 heteroatoms. The first-order chi connectivity index (χ1) is 14.0. The Kier molecular flexibility index (Phi) is 8.07. The van der Waals surface area contributed by atoms with Crippen LogP contribution in [0, 0.1) is 13.8 Å². The van der Waals surface area contributed by atoms with Crippen molar-refractivity contribution in [2.45, 2.75) is 46.0 Å². The number of quaternary nitrogens is 2. The van der Waals surface area contributed by atoms with Gasteiger partial charge in [-0.15, -0.1) is 0 Å². The molecule has 0 unspecified atom stereocenters. The number of piperazine rings is 1. The lowest BCUT2D eigenvalue weighted by Crippen LogP contribution is -3.28. The van der Waals surface area contributed by atoms with Crippen LogP contribution < -0.4 is 15.1 Å². The molecule has 0 radical (unpaired) electrons. The van der Waals surface area contributed by atoms with Crippen LogP contribution in [0.5, 0.6) is 0 Å². The first-order valence-electron chi connectivity index (χ1n) is 11.3. The highest BCUT2D eigenvalue weighted by atomic mass is 16.2. The molecular weight excluding hydrogens is 364 g/mol.